The minimum absolute atomic E-state index is 0.464. The van der Waals surface area contributed by atoms with Crippen molar-refractivity contribution in [3.63, 3.8) is 0 Å². The van der Waals surface area contributed by atoms with E-state index in [0.29, 0.717) is 11.4 Å². The summed E-state index contributed by atoms with van der Waals surface area (Å²) in [6.07, 6.45) is 1.87. The van der Waals surface area contributed by atoms with Crippen LogP contribution in [-0.4, -0.2) is 15.2 Å². The number of H-pyrrole nitrogens is 1. The number of nitrogens with zero attached hydrogens (tertiary/aromatic N) is 2. The number of hydrogen-bond acceptors (Lipinski definition) is 3. The Labute approximate surface area is 115 Å². The third kappa shape index (κ3) is 1.42. The Morgan fingerprint density at radius 1 is 1.20 bits per heavy atom. The van der Waals surface area contributed by atoms with Crippen molar-refractivity contribution in [1.29, 1.82) is 0 Å². The van der Waals surface area contributed by atoms with Gasteiger partial charge in [0.15, 0.2) is 0 Å². The topological polar surface area (TPSA) is 67.6 Å². The molecule has 0 unspecified atom stereocenters. The number of pyridine rings is 1. The second-order valence-electron chi connectivity index (χ2n) is 4.96. The average Bonchev–Trinajstić information content (AvgIpc) is 2.92. The predicted octanol–water partition coefficient (Wildman–Crippen LogP) is 2.93. The van der Waals surface area contributed by atoms with Gasteiger partial charge in [-0.15, -0.1) is 0 Å². The Balaban J connectivity index is 1.85. The number of rotatable bonds is 2. The van der Waals surface area contributed by atoms with Crippen molar-refractivity contribution < 1.29 is 0 Å². The van der Waals surface area contributed by atoms with Crippen LogP contribution in [0, 0.1) is 0 Å². The third-order valence-corrected chi connectivity index (χ3v) is 3.64. The highest BCUT2D eigenvalue weighted by molar-refractivity contribution is 5.98. The van der Waals surface area contributed by atoms with Gasteiger partial charge >= 0.3 is 0 Å². The Morgan fingerprint density at radius 3 is 2.80 bits per heavy atom. The van der Waals surface area contributed by atoms with Gasteiger partial charge in [-0.2, -0.15) is 5.10 Å². The summed E-state index contributed by atoms with van der Waals surface area (Å²) >= 11 is 0. The van der Waals surface area contributed by atoms with Gasteiger partial charge in [0.05, 0.1) is 16.9 Å². The van der Waals surface area contributed by atoms with E-state index in [0.717, 1.165) is 38.9 Å². The Bertz CT molecular complexity index is 902. The normalized spacial score (nSPS) is 12.5. The van der Waals surface area contributed by atoms with Crippen LogP contribution in [0.25, 0.3) is 33.3 Å². The molecule has 2 heterocycles. The van der Waals surface area contributed by atoms with Crippen LogP contribution in [-0.2, 0) is 0 Å². The molecule has 4 nitrogen and oxygen atoms in total. The average molecular weight is 260 g/mol. The maximum Gasteiger partial charge on any atom is 0.115 e. The lowest BCUT2D eigenvalue weighted by Gasteiger charge is -2.01. The van der Waals surface area contributed by atoms with Gasteiger partial charge in [-0.3, -0.25) is 10.1 Å². The fourth-order valence-corrected chi connectivity index (χ4v) is 2.46. The van der Waals surface area contributed by atoms with E-state index >= 15 is 0 Å². The molecule has 1 aliphatic carbocycles. The number of nitrogens with two attached hydrogens (primary N) is 1. The first-order chi connectivity index (χ1) is 9.65. The molecule has 0 atom stereocenters. The number of hydrogen-bond donors (Lipinski definition) is 2. The number of aromatic amines is 1. The van der Waals surface area contributed by atoms with Crippen LogP contribution in [0.5, 0.6) is 0 Å². The summed E-state index contributed by atoms with van der Waals surface area (Å²) in [5.74, 6) is 0. The highest BCUT2D eigenvalue weighted by atomic mass is 15.1. The summed E-state index contributed by atoms with van der Waals surface area (Å²) in [7, 11) is 0. The fraction of sp³-hybridized carbons (Fsp3) is 0. The Hall–Kier alpha value is -2.88. The molecule has 0 spiro atoms. The summed E-state index contributed by atoms with van der Waals surface area (Å²) in [5, 5.41) is 8.15. The van der Waals surface area contributed by atoms with Crippen molar-refractivity contribution in [1.82, 2.24) is 15.2 Å². The molecule has 0 radical (unpaired) electrons. The maximum absolute atomic E-state index is 5.72. The molecule has 0 aliphatic heterocycles. The van der Waals surface area contributed by atoms with E-state index in [1.54, 1.807) is 0 Å². The van der Waals surface area contributed by atoms with Crippen molar-refractivity contribution in [2.45, 2.75) is 0 Å². The maximum atomic E-state index is 5.72. The monoisotopic (exact) mass is 260 g/mol. The highest BCUT2D eigenvalue weighted by Crippen LogP contribution is 2.40. The molecule has 1 aromatic carbocycles. The molecule has 0 fully saturated rings. The molecular formula is C16H12N4. The molecule has 4 rings (SSSR count). The van der Waals surface area contributed by atoms with Crippen LogP contribution in [0.3, 0.4) is 0 Å². The molecule has 0 saturated heterocycles. The molecule has 4 heteroatoms. The number of fused-ring (bicyclic) bond motifs is 2. The van der Waals surface area contributed by atoms with E-state index in [9.17, 15) is 0 Å². The van der Waals surface area contributed by atoms with E-state index in [2.05, 4.69) is 34.4 Å². The summed E-state index contributed by atoms with van der Waals surface area (Å²) in [6.45, 7) is 7.67. The molecule has 2 aromatic heterocycles. The van der Waals surface area contributed by atoms with Gasteiger partial charge in [0, 0.05) is 28.3 Å². The highest BCUT2D eigenvalue weighted by Gasteiger charge is 2.24. The molecule has 96 valence electrons. The SMILES string of the molecule is C=C1c2cc(-c3ccc4c(C(=C)N)n[nH]c4c3)cnc21. The van der Waals surface area contributed by atoms with Crippen molar-refractivity contribution in [3.8, 4) is 11.1 Å². The van der Waals surface area contributed by atoms with Crippen molar-refractivity contribution in [3.05, 3.63) is 60.6 Å². The summed E-state index contributed by atoms with van der Waals surface area (Å²) in [4.78, 5) is 4.38. The lowest BCUT2D eigenvalue weighted by molar-refractivity contribution is 1.09. The molecule has 3 aromatic rings. The van der Waals surface area contributed by atoms with Gasteiger partial charge < -0.3 is 5.73 Å². The van der Waals surface area contributed by atoms with Crippen LogP contribution < -0.4 is 5.73 Å². The standard InChI is InChI=1S/C16H12N4/c1-8-13-5-11(7-18-15(8)13)10-3-4-12-14(6-10)19-20-16(12)9(2)17/h3-7H,1-2,17H2,(H,19,20). The minimum Gasteiger partial charge on any atom is -0.397 e. The second-order valence-corrected chi connectivity index (χ2v) is 4.96. The van der Waals surface area contributed by atoms with Crippen LogP contribution >= 0.6 is 0 Å². The van der Waals surface area contributed by atoms with Gasteiger partial charge in [-0.25, -0.2) is 0 Å². The van der Waals surface area contributed by atoms with E-state index in [-0.39, 0.29) is 0 Å². The quantitative estimate of drug-likeness (QED) is 0.582. The summed E-state index contributed by atoms with van der Waals surface area (Å²) in [5.41, 5.74) is 13.2. The molecule has 20 heavy (non-hydrogen) atoms. The zero-order valence-electron chi connectivity index (χ0n) is 10.8. The van der Waals surface area contributed by atoms with Crippen LogP contribution in [0.15, 0.2) is 43.6 Å². The molecule has 0 saturated carbocycles. The van der Waals surface area contributed by atoms with Crippen molar-refractivity contribution in [2.24, 2.45) is 5.73 Å². The van der Waals surface area contributed by atoms with E-state index in [1.807, 2.05) is 24.4 Å². The molecule has 1 aliphatic rings. The van der Waals surface area contributed by atoms with Gasteiger partial charge in [0.25, 0.3) is 0 Å². The summed E-state index contributed by atoms with van der Waals surface area (Å²) in [6, 6.07) is 8.20. The van der Waals surface area contributed by atoms with E-state index < -0.39 is 0 Å². The molecule has 0 amide bonds. The molecular weight excluding hydrogens is 248 g/mol. The summed E-state index contributed by atoms with van der Waals surface area (Å²) < 4.78 is 0. The Morgan fingerprint density at radius 2 is 2.05 bits per heavy atom. The fourth-order valence-electron chi connectivity index (χ4n) is 2.46. The lowest BCUT2D eigenvalue weighted by Crippen LogP contribution is -1.94. The molecule has 3 N–H and O–H groups in total. The number of benzene rings is 1. The van der Waals surface area contributed by atoms with Crippen molar-refractivity contribution >= 4 is 22.2 Å². The zero-order valence-corrected chi connectivity index (χ0v) is 10.8. The van der Waals surface area contributed by atoms with Gasteiger partial charge in [-0.1, -0.05) is 19.2 Å². The van der Waals surface area contributed by atoms with Gasteiger partial charge in [0.1, 0.15) is 5.69 Å². The smallest absolute Gasteiger partial charge is 0.115 e. The zero-order chi connectivity index (χ0) is 13.9. The second kappa shape index (κ2) is 3.57. The minimum atomic E-state index is 0.464. The largest absolute Gasteiger partial charge is 0.397 e. The first-order valence-corrected chi connectivity index (χ1v) is 6.28. The lowest BCUT2D eigenvalue weighted by atomic mass is 10.0. The van der Waals surface area contributed by atoms with Crippen LogP contribution in [0.1, 0.15) is 17.0 Å². The van der Waals surface area contributed by atoms with Gasteiger partial charge in [0.2, 0.25) is 0 Å². The Kier molecular flexibility index (Phi) is 1.96. The number of aromatic nitrogens is 3. The van der Waals surface area contributed by atoms with Gasteiger partial charge in [-0.05, 0) is 23.8 Å². The molecule has 0 bridgehead atoms. The van der Waals surface area contributed by atoms with Crippen LogP contribution in [0.2, 0.25) is 0 Å². The third-order valence-electron chi connectivity index (χ3n) is 3.64. The van der Waals surface area contributed by atoms with Crippen molar-refractivity contribution in [2.75, 3.05) is 0 Å². The van der Waals surface area contributed by atoms with E-state index in [4.69, 9.17) is 5.73 Å². The predicted molar refractivity (Wildman–Crippen MR) is 80.7 cm³/mol. The van der Waals surface area contributed by atoms with Crippen LogP contribution in [0.4, 0.5) is 0 Å². The van der Waals surface area contributed by atoms with E-state index in [1.165, 1.54) is 0 Å². The number of nitrogens with one attached hydrogen (secondary N) is 1. The first-order valence-electron chi connectivity index (χ1n) is 6.28. The first kappa shape index (κ1) is 11.0.